The Bertz CT molecular complexity index is 433. The van der Waals surface area contributed by atoms with Gasteiger partial charge >= 0.3 is 0 Å². The van der Waals surface area contributed by atoms with E-state index in [9.17, 15) is 9.59 Å². The number of hydrogen-bond donors (Lipinski definition) is 0. The van der Waals surface area contributed by atoms with Crippen LogP contribution >= 0.6 is 11.6 Å². The molecule has 1 aromatic carbocycles. The van der Waals surface area contributed by atoms with Crippen molar-refractivity contribution in [3.05, 3.63) is 35.4 Å². The lowest BCUT2D eigenvalue weighted by Gasteiger charge is -2.31. The fraction of sp³-hybridized carbons (Fsp3) is 0.333. The highest BCUT2D eigenvalue weighted by molar-refractivity contribution is 6.23. The SMILES string of the molecule is CC(C)(CCl)N1C(=O)c2ccccc2C1=O. The molecule has 0 spiro atoms. The van der Waals surface area contributed by atoms with E-state index in [0.717, 1.165) is 0 Å². The maximum Gasteiger partial charge on any atom is 0.262 e. The zero-order chi connectivity index (χ0) is 11.9. The van der Waals surface area contributed by atoms with Crippen LogP contribution in [0.2, 0.25) is 0 Å². The number of benzene rings is 1. The lowest BCUT2D eigenvalue weighted by molar-refractivity contribution is 0.0512. The van der Waals surface area contributed by atoms with Gasteiger partial charge in [-0.1, -0.05) is 12.1 Å². The predicted molar refractivity (Wildman–Crippen MR) is 61.7 cm³/mol. The van der Waals surface area contributed by atoms with Crippen molar-refractivity contribution in [2.75, 3.05) is 5.88 Å². The molecule has 1 aliphatic rings. The van der Waals surface area contributed by atoms with Gasteiger partial charge in [-0.3, -0.25) is 14.5 Å². The van der Waals surface area contributed by atoms with Crippen LogP contribution in [0.3, 0.4) is 0 Å². The van der Waals surface area contributed by atoms with E-state index in [0.29, 0.717) is 11.1 Å². The van der Waals surface area contributed by atoms with Crippen LogP contribution in [0.4, 0.5) is 0 Å². The van der Waals surface area contributed by atoms with E-state index in [1.54, 1.807) is 38.1 Å². The molecule has 1 aliphatic heterocycles. The second-order valence-corrected chi connectivity index (χ2v) is 4.70. The Labute approximate surface area is 99.0 Å². The van der Waals surface area contributed by atoms with Crippen LogP contribution in [0.1, 0.15) is 34.6 Å². The highest BCUT2D eigenvalue weighted by atomic mass is 35.5. The van der Waals surface area contributed by atoms with Crippen molar-refractivity contribution < 1.29 is 9.59 Å². The highest BCUT2D eigenvalue weighted by Gasteiger charge is 2.43. The Morgan fingerprint density at radius 2 is 1.56 bits per heavy atom. The molecule has 0 unspecified atom stereocenters. The third kappa shape index (κ3) is 1.43. The zero-order valence-corrected chi connectivity index (χ0v) is 9.91. The largest absolute Gasteiger partial charge is 0.269 e. The van der Waals surface area contributed by atoms with E-state index in [-0.39, 0.29) is 17.7 Å². The summed E-state index contributed by atoms with van der Waals surface area (Å²) in [6.45, 7) is 3.56. The van der Waals surface area contributed by atoms with Gasteiger partial charge in [0.05, 0.1) is 16.7 Å². The van der Waals surface area contributed by atoms with E-state index in [1.165, 1.54) is 4.90 Å². The quantitative estimate of drug-likeness (QED) is 0.585. The summed E-state index contributed by atoms with van der Waals surface area (Å²) < 4.78 is 0. The molecule has 1 aromatic rings. The number of carbonyl (C=O) groups is 2. The van der Waals surface area contributed by atoms with E-state index in [1.807, 2.05) is 0 Å². The predicted octanol–water partition coefficient (Wildman–Crippen LogP) is 2.30. The number of halogens is 1. The third-order valence-corrected chi connectivity index (χ3v) is 3.38. The summed E-state index contributed by atoms with van der Waals surface area (Å²) >= 11 is 5.80. The molecule has 4 heteroatoms. The van der Waals surface area contributed by atoms with Crippen molar-refractivity contribution in [1.82, 2.24) is 4.90 Å². The first-order valence-electron chi connectivity index (χ1n) is 5.03. The second kappa shape index (κ2) is 3.59. The zero-order valence-electron chi connectivity index (χ0n) is 9.16. The van der Waals surface area contributed by atoms with Gasteiger partial charge in [-0.25, -0.2) is 0 Å². The van der Waals surface area contributed by atoms with Gasteiger partial charge < -0.3 is 0 Å². The first-order valence-corrected chi connectivity index (χ1v) is 5.56. The van der Waals surface area contributed by atoms with Gasteiger partial charge in [0.25, 0.3) is 11.8 Å². The summed E-state index contributed by atoms with van der Waals surface area (Å²) in [4.78, 5) is 25.4. The molecule has 0 atom stereocenters. The third-order valence-electron chi connectivity index (χ3n) is 2.73. The summed E-state index contributed by atoms with van der Waals surface area (Å²) in [6.07, 6.45) is 0. The molecule has 0 N–H and O–H groups in total. The van der Waals surface area contributed by atoms with E-state index in [4.69, 9.17) is 11.6 Å². The minimum atomic E-state index is -0.658. The van der Waals surface area contributed by atoms with Crippen molar-refractivity contribution in [2.45, 2.75) is 19.4 Å². The first kappa shape index (κ1) is 11.1. The lowest BCUT2D eigenvalue weighted by atomic mass is 10.1. The molecule has 84 valence electrons. The fourth-order valence-corrected chi connectivity index (χ4v) is 1.92. The summed E-state index contributed by atoms with van der Waals surface area (Å²) in [5.74, 6) is -0.296. The Morgan fingerprint density at radius 3 is 1.94 bits per heavy atom. The van der Waals surface area contributed by atoms with Crippen molar-refractivity contribution in [1.29, 1.82) is 0 Å². The maximum atomic E-state index is 12.1. The monoisotopic (exact) mass is 237 g/mol. The smallest absolute Gasteiger partial charge is 0.262 e. The van der Waals surface area contributed by atoms with Gasteiger partial charge in [0.15, 0.2) is 0 Å². The average Bonchev–Trinajstić information content (AvgIpc) is 2.53. The molecular formula is C12H12ClNO2. The number of nitrogens with zero attached hydrogens (tertiary/aromatic N) is 1. The van der Waals surface area contributed by atoms with Crippen LogP contribution < -0.4 is 0 Å². The number of carbonyl (C=O) groups excluding carboxylic acids is 2. The minimum Gasteiger partial charge on any atom is -0.269 e. The molecule has 16 heavy (non-hydrogen) atoms. The molecule has 0 fully saturated rings. The van der Waals surface area contributed by atoms with E-state index < -0.39 is 5.54 Å². The van der Waals surface area contributed by atoms with E-state index >= 15 is 0 Å². The summed E-state index contributed by atoms with van der Waals surface area (Å²) in [7, 11) is 0. The van der Waals surface area contributed by atoms with Crippen molar-refractivity contribution in [3.8, 4) is 0 Å². The molecule has 1 heterocycles. The molecule has 2 rings (SSSR count). The number of amides is 2. The maximum absolute atomic E-state index is 12.1. The Hall–Kier alpha value is -1.35. The van der Waals surface area contributed by atoms with Crippen LogP contribution in [0.15, 0.2) is 24.3 Å². The Morgan fingerprint density at radius 1 is 1.12 bits per heavy atom. The number of rotatable bonds is 2. The van der Waals surface area contributed by atoms with Crippen LogP contribution in [-0.4, -0.2) is 28.1 Å². The Kier molecular flexibility index (Phi) is 2.50. The van der Waals surface area contributed by atoms with E-state index in [2.05, 4.69) is 0 Å². The molecule has 0 radical (unpaired) electrons. The normalized spacial score (nSPS) is 15.6. The summed E-state index contributed by atoms with van der Waals surface area (Å²) in [5, 5.41) is 0. The second-order valence-electron chi connectivity index (χ2n) is 4.44. The van der Waals surface area contributed by atoms with Gasteiger partial charge in [0.2, 0.25) is 0 Å². The number of fused-ring (bicyclic) bond motifs is 1. The van der Waals surface area contributed by atoms with Crippen LogP contribution in [0, 0.1) is 0 Å². The van der Waals surface area contributed by atoms with Gasteiger partial charge in [-0.15, -0.1) is 11.6 Å². The molecule has 2 amide bonds. The molecule has 0 saturated carbocycles. The minimum absolute atomic E-state index is 0.221. The molecule has 0 aliphatic carbocycles. The molecule has 3 nitrogen and oxygen atoms in total. The molecule has 0 bridgehead atoms. The van der Waals surface area contributed by atoms with Crippen LogP contribution in [0.5, 0.6) is 0 Å². The average molecular weight is 238 g/mol. The van der Waals surface area contributed by atoms with Crippen LogP contribution in [0.25, 0.3) is 0 Å². The van der Waals surface area contributed by atoms with Gasteiger partial charge in [0.1, 0.15) is 0 Å². The summed E-state index contributed by atoms with van der Waals surface area (Å²) in [5.41, 5.74) is 0.269. The first-order chi connectivity index (χ1) is 7.49. The topological polar surface area (TPSA) is 37.4 Å². The van der Waals surface area contributed by atoms with Crippen molar-refractivity contribution in [3.63, 3.8) is 0 Å². The van der Waals surface area contributed by atoms with Crippen LogP contribution in [-0.2, 0) is 0 Å². The Balaban J connectivity index is 2.51. The van der Waals surface area contributed by atoms with Crippen molar-refractivity contribution in [2.24, 2.45) is 0 Å². The molecule has 0 aromatic heterocycles. The molecular weight excluding hydrogens is 226 g/mol. The number of hydrogen-bond acceptors (Lipinski definition) is 2. The fourth-order valence-electron chi connectivity index (χ4n) is 1.80. The number of imide groups is 1. The van der Waals surface area contributed by atoms with Gasteiger partial charge in [0, 0.05) is 5.88 Å². The summed E-state index contributed by atoms with van der Waals surface area (Å²) in [6, 6.07) is 6.84. The molecule has 0 saturated heterocycles. The van der Waals surface area contributed by atoms with Gasteiger partial charge in [-0.2, -0.15) is 0 Å². The number of alkyl halides is 1. The highest BCUT2D eigenvalue weighted by Crippen LogP contribution is 2.29. The standard InChI is InChI=1S/C12H12ClNO2/c1-12(2,7-13)14-10(15)8-5-3-4-6-9(8)11(14)16/h3-6H,7H2,1-2H3. The van der Waals surface area contributed by atoms with Crippen molar-refractivity contribution >= 4 is 23.4 Å². The lowest BCUT2D eigenvalue weighted by Crippen LogP contribution is -2.48. The van der Waals surface area contributed by atoms with Gasteiger partial charge in [-0.05, 0) is 26.0 Å².